The van der Waals surface area contributed by atoms with Crippen molar-refractivity contribution in [1.29, 1.82) is 0 Å². The molecule has 9 aromatic carbocycles. The van der Waals surface area contributed by atoms with Gasteiger partial charge in [-0.15, -0.1) is 0 Å². The molecule has 244 valence electrons. The van der Waals surface area contributed by atoms with Gasteiger partial charge in [0.1, 0.15) is 11.2 Å². The Morgan fingerprint density at radius 3 is 1.52 bits per heavy atom. The normalized spacial score (nSPS) is 11.5. The van der Waals surface area contributed by atoms with Crippen molar-refractivity contribution < 1.29 is 4.42 Å². The predicted octanol–water partition coefficient (Wildman–Crippen LogP) is 14.4. The van der Waals surface area contributed by atoms with E-state index in [-0.39, 0.29) is 0 Å². The summed E-state index contributed by atoms with van der Waals surface area (Å²) < 4.78 is 6.26. The molecular formula is C50H33NO. The van der Waals surface area contributed by atoms with Crippen LogP contribution < -0.4 is 4.90 Å². The van der Waals surface area contributed by atoms with E-state index in [1.54, 1.807) is 0 Å². The first-order valence-electron chi connectivity index (χ1n) is 17.7. The summed E-state index contributed by atoms with van der Waals surface area (Å²) in [6, 6.07) is 71.8. The summed E-state index contributed by atoms with van der Waals surface area (Å²) in [6.07, 6.45) is 0. The third-order valence-corrected chi connectivity index (χ3v) is 10.2. The highest BCUT2D eigenvalue weighted by Crippen LogP contribution is 2.41. The lowest BCUT2D eigenvalue weighted by molar-refractivity contribution is 0.669. The first-order valence-corrected chi connectivity index (χ1v) is 17.7. The van der Waals surface area contributed by atoms with Gasteiger partial charge in [0.15, 0.2) is 0 Å². The molecule has 2 heteroatoms. The maximum absolute atomic E-state index is 6.26. The van der Waals surface area contributed by atoms with Crippen molar-refractivity contribution in [2.45, 2.75) is 0 Å². The number of rotatable bonds is 6. The topological polar surface area (TPSA) is 16.4 Å². The maximum atomic E-state index is 6.26. The Balaban J connectivity index is 1.12. The van der Waals surface area contributed by atoms with Crippen molar-refractivity contribution in [2.75, 3.05) is 4.90 Å². The highest BCUT2D eigenvalue weighted by molar-refractivity contribution is 6.17. The molecule has 1 aromatic heterocycles. The van der Waals surface area contributed by atoms with Gasteiger partial charge in [0.25, 0.3) is 0 Å². The number of benzene rings is 9. The summed E-state index contributed by atoms with van der Waals surface area (Å²) in [7, 11) is 0. The molecule has 0 unspecified atom stereocenters. The fraction of sp³-hybridized carbons (Fsp3) is 0. The summed E-state index contributed by atoms with van der Waals surface area (Å²) in [5, 5.41) is 7.07. The minimum absolute atomic E-state index is 0.914. The lowest BCUT2D eigenvalue weighted by Gasteiger charge is -2.27. The predicted molar refractivity (Wildman–Crippen MR) is 220 cm³/mol. The smallest absolute Gasteiger partial charge is 0.136 e. The standard InChI is InChI=1S/C50H33NO/c1-3-10-34(11-4-1)36-18-20-38(21-19-36)40-14-9-15-43(30-40)51(42-27-24-37(25-28-42)35-12-5-2-6-13-35)44-29-26-39-22-23-41-31-50-48(33-47(41)46(39)32-44)45-16-7-8-17-49(45)52-50/h1-33H. The Kier molecular flexibility index (Phi) is 7.18. The molecule has 1 heterocycles. The van der Waals surface area contributed by atoms with Gasteiger partial charge in [0.2, 0.25) is 0 Å². The van der Waals surface area contributed by atoms with Crippen LogP contribution in [0.2, 0.25) is 0 Å². The van der Waals surface area contributed by atoms with Crippen LogP contribution in [0.5, 0.6) is 0 Å². The van der Waals surface area contributed by atoms with Gasteiger partial charge in [-0.25, -0.2) is 0 Å². The maximum Gasteiger partial charge on any atom is 0.136 e. The molecule has 0 aliphatic rings. The zero-order chi connectivity index (χ0) is 34.4. The zero-order valence-corrected chi connectivity index (χ0v) is 28.4. The largest absolute Gasteiger partial charge is 0.456 e. The molecule has 0 bridgehead atoms. The van der Waals surface area contributed by atoms with Gasteiger partial charge in [0.05, 0.1) is 0 Å². The zero-order valence-electron chi connectivity index (χ0n) is 28.4. The Morgan fingerprint density at radius 2 is 0.788 bits per heavy atom. The van der Waals surface area contributed by atoms with E-state index in [0.717, 1.165) is 44.4 Å². The Bertz CT molecular complexity index is 2870. The number of furan rings is 1. The monoisotopic (exact) mass is 663 g/mol. The minimum Gasteiger partial charge on any atom is -0.456 e. The van der Waals surface area contributed by atoms with Gasteiger partial charge in [0, 0.05) is 27.8 Å². The Morgan fingerprint density at radius 1 is 0.269 bits per heavy atom. The van der Waals surface area contributed by atoms with Crippen molar-refractivity contribution >= 4 is 60.5 Å². The second-order valence-electron chi connectivity index (χ2n) is 13.4. The molecule has 2 nitrogen and oxygen atoms in total. The van der Waals surface area contributed by atoms with Crippen LogP contribution in [-0.2, 0) is 0 Å². The molecule has 0 saturated carbocycles. The van der Waals surface area contributed by atoms with Crippen molar-refractivity contribution in [1.82, 2.24) is 0 Å². The Hall–Kier alpha value is -6.90. The number of para-hydroxylation sites is 1. The third kappa shape index (κ3) is 5.30. The molecule has 0 saturated heterocycles. The highest BCUT2D eigenvalue weighted by Gasteiger charge is 2.16. The van der Waals surface area contributed by atoms with Crippen molar-refractivity contribution in [3.8, 4) is 33.4 Å². The first-order chi connectivity index (χ1) is 25.7. The van der Waals surface area contributed by atoms with Crippen LogP contribution >= 0.6 is 0 Å². The minimum atomic E-state index is 0.914. The van der Waals surface area contributed by atoms with Gasteiger partial charge in [-0.2, -0.15) is 0 Å². The van der Waals surface area contributed by atoms with Gasteiger partial charge in [-0.3, -0.25) is 0 Å². The molecular weight excluding hydrogens is 631 g/mol. The van der Waals surface area contributed by atoms with Crippen LogP contribution in [-0.4, -0.2) is 0 Å². The molecule has 0 atom stereocenters. The summed E-state index contributed by atoms with van der Waals surface area (Å²) in [5.41, 5.74) is 12.3. The number of anilines is 3. The molecule has 0 aliphatic heterocycles. The van der Waals surface area contributed by atoms with E-state index >= 15 is 0 Å². The molecule has 0 N–H and O–H groups in total. The molecule has 0 spiro atoms. The van der Waals surface area contributed by atoms with Crippen LogP contribution in [0, 0.1) is 0 Å². The Labute approximate surface area is 302 Å². The van der Waals surface area contributed by atoms with E-state index in [2.05, 4.69) is 193 Å². The van der Waals surface area contributed by atoms with Crippen LogP contribution in [0.15, 0.2) is 205 Å². The fourth-order valence-corrected chi connectivity index (χ4v) is 7.59. The summed E-state index contributed by atoms with van der Waals surface area (Å²) >= 11 is 0. The van der Waals surface area contributed by atoms with Crippen LogP contribution in [0.4, 0.5) is 17.1 Å². The average molecular weight is 664 g/mol. The van der Waals surface area contributed by atoms with Gasteiger partial charge < -0.3 is 9.32 Å². The summed E-state index contributed by atoms with van der Waals surface area (Å²) in [4.78, 5) is 2.38. The molecule has 52 heavy (non-hydrogen) atoms. The molecule has 0 amide bonds. The van der Waals surface area contributed by atoms with Crippen molar-refractivity contribution in [2.24, 2.45) is 0 Å². The van der Waals surface area contributed by atoms with Crippen LogP contribution in [0.3, 0.4) is 0 Å². The fourth-order valence-electron chi connectivity index (χ4n) is 7.59. The van der Waals surface area contributed by atoms with Crippen molar-refractivity contribution in [3.05, 3.63) is 200 Å². The van der Waals surface area contributed by atoms with E-state index < -0.39 is 0 Å². The van der Waals surface area contributed by atoms with E-state index in [1.165, 1.54) is 49.5 Å². The lowest BCUT2D eigenvalue weighted by Crippen LogP contribution is -2.10. The second-order valence-corrected chi connectivity index (χ2v) is 13.4. The first kappa shape index (κ1) is 30.0. The summed E-state index contributed by atoms with van der Waals surface area (Å²) in [5.74, 6) is 0. The number of nitrogens with zero attached hydrogens (tertiary/aromatic N) is 1. The molecule has 10 aromatic rings. The van der Waals surface area contributed by atoms with Gasteiger partial charge >= 0.3 is 0 Å². The van der Waals surface area contributed by atoms with E-state index in [1.807, 2.05) is 12.1 Å². The van der Waals surface area contributed by atoms with E-state index in [4.69, 9.17) is 4.42 Å². The highest BCUT2D eigenvalue weighted by atomic mass is 16.3. The third-order valence-electron chi connectivity index (χ3n) is 10.2. The molecule has 0 fully saturated rings. The lowest BCUT2D eigenvalue weighted by atomic mass is 9.98. The van der Waals surface area contributed by atoms with E-state index in [0.29, 0.717) is 0 Å². The van der Waals surface area contributed by atoms with E-state index in [9.17, 15) is 0 Å². The molecule has 0 aliphatic carbocycles. The average Bonchev–Trinajstić information content (AvgIpc) is 3.59. The number of hydrogen-bond acceptors (Lipinski definition) is 2. The van der Waals surface area contributed by atoms with Crippen molar-refractivity contribution in [3.63, 3.8) is 0 Å². The van der Waals surface area contributed by atoms with Crippen LogP contribution in [0.1, 0.15) is 0 Å². The SMILES string of the molecule is c1ccc(-c2ccc(-c3cccc(N(c4ccc(-c5ccccc5)cc4)c4ccc5ccc6cc7oc8ccccc8c7cc6c5c4)c3)cc2)cc1. The molecule has 10 rings (SSSR count). The second kappa shape index (κ2) is 12.5. The van der Waals surface area contributed by atoms with Gasteiger partial charge in [-0.05, 0) is 110 Å². The summed E-state index contributed by atoms with van der Waals surface area (Å²) in [6.45, 7) is 0. The van der Waals surface area contributed by atoms with Gasteiger partial charge in [-0.1, -0.05) is 146 Å². The van der Waals surface area contributed by atoms with Crippen LogP contribution in [0.25, 0.3) is 76.9 Å². The number of fused-ring (bicyclic) bond motifs is 6. The molecule has 0 radical (unpaired) electrons. The number of hydrogen-bond donors (Lipinski definition) is 0. The quantitative estimate of drug-likeness (QED) is 0.165.